The van der Waals surface area contributed by atoms with Gasteiger partial charge in [0, 0.05) is 24.0 Å². The van der Waals surface area contributed by atoms with Crippen LogP contribution in [0.3, 0.4) is 0 Å². The second kappa shape index (κ2) is 9.41. The molecule has 2 bridgehead atoms. The summed E-state index contributed by atoms with van der Waals surface area (Å²) in [5, 5.41) is 11.6. The Bertz CT molecular complexity index is 962. The molecular formula is C26H36O9. The standard InChI is InChI=1S/C26H36O9/c1-9-13(4)23(29)34-19-17-14(5)24(30)35-21(19)26(8)16(32-15(6)27)10-11-25(7,31)20(26)18(17)33-22(28)12(2)3/h9,12,16-21,31H,5,10-11H2,1-4,6-8H3/b13-9+/t16-,17-,18-,19?,20?,21-,25-,26+/m0/s1. The number of fused-ring (bicyclic) bond motifs is 4. The molecule has 0 spiro atoms. The normalized spacial score (nSPS) is 38.8. The van der Waals surface area contributed by atoms with Crippen molar-refractivity contribution in [2.45, 2.75) is 91.3 Å². The molecule has 2 unspecified atom stereocenters. The van der Waals surface area contributed by atoms with Gasteiger partial charge in [0.05, 0.1) is 22.9 Å². The summed E-state index contributed by atoms with van der Waals surface area (Å²) in [5.74, 6) is -4.67. The first-order valence-electron chi connectivity index (χ1n) is 12.0. The van der Waals surface area contributed by atoms with Gasteiger partial charge in [-0.05, 0) is 33.6 Å². The van der Waals surface area contributed by atoms with Crippen molar-refractivity contribution in [2.24, 2.45) is 23.2 Å². The maximum Gasteiger partial charge on any atom is 0.334 e. The first-order chi connectivity index (χ1) is 16.2. The quantitative estimate of drug-likeness (QED) is 0.350. The number of esters is 4. The van der Waals surface area contributed by atoms with E-state index in [2.05, 4.69) is 6.58 Å². The van der Waals surface area contributed by atoms with Gasteiger partial charge in [0.15, 0.2) is 6.10 Å². The highest BCUT2D eigenvalue weighted by molar-refractivity contribution is 5.91. The SMILES string of the molecule is C=C1C(=O)O[C@H]2C(OC(=O)/C(C)=C/C)[C@@H]1[C@H](OC(=O)C(C)C)C1[C@@]2(C)[C@@H](OC(C)=O)CC[C@]1(C)O. The number of rotatable bonds is 5. The van der Waals surface area contributed by atoms with Crippen molar-refractivity contribution in [1.82, 2.24) is 0 Å². The fourth-order valence-electron chi connectivity index (χ4n) is 5.95. The van der Waals surface area contributed by atoms with Crippen LogP contribution in [0.5, 0.6) is 0 Å². The van der Waals surface area contributed by atoms with Crippen molar-refractivity contribution in [3.8, 4) is 0 Å². The molecule has 0 aromatic rings. The van der Waals surface area contributed by atoms with Crippen LogP contribution in [0.1, 0.15) is 61.3 Å². The summed E-state index contributed by atoms with van der Waals surface area (Å²) in [6.45, 7) is 15.1. The van der Waals surface area contributed by atoms with Gasteiger partial charge in [0.25, 0.3) is 0 Å². The minimum atomic E-state index is -1.37. The van der Waals surface area contributed by atoms with E-state index >= 15 is 0 Å². The maximum absolute atomic E-state index is 12.9. The van der Waals surface area contributed by atoms with E-state index in [1.54, 1.807) is 47.6 Å². The van der Waals surface area contributed by atoms with Gasteiger partial charge in [-0.3, -0.25) is 9.59 Å². The highest BCUT2D eigenvalue weighted by Gasteiger charge is 2.72. The lowest BCUT2D eigenvalue weighted by Crippen LogP contribution is -2.75. The van der Waals surface area contributed by atoms with Gasteiger partial charge < -0.3 is 24.1 Å². The molecule has 3 rings (SSSR count). The van der Waals surface area contributed by atoms with Gasteiger partial charge in [-0.25, -0.2) is 9.59 Å². The molecule has 8 atom stereocenters. The number of carbonyl (C=O) groups excluding carboxylic acids is 4. The largest absolute Gasteiger partial charge is 0.462 e. The topological polar surface area (TPSA) is 125 Å². The summed E-state index contributed by atoms with van der Waals surface area (Å²) in [6, 6.07) is 0. The van der Waals surface area contributed by atoms with Crippen molar-refractivity contribution < 1.29 is 43.2 Å². The molecule has 3 fully saturated rings. The fourth-order valence-corrected chi connectivity index (χ4v) is 5.95. The van der Waals surface area contributed by atoms with E-state index in [-0.39, 0.29) is 18.4 Å². The lowest BCUT2D eigenvalue weighted by molar-refractivity contribution is -0.294. The Hall–Kier alpha value is -2.68. The van der Waals surface area contributed by atoms with Crippen LogP contribution < -0.4 is 0 Å². The van der Waals surface area contributed by atoms with Crippen LogP contribution in [0.15, 0.2) is 23.8 Å². The predicted octanol–water partition coefficient (Wildman–Crippen LogP) is 2.64. The Labute approximate surface area is 205 Å². The molecule has 9 heteroatoms. The molecule has 1 saturated heterocycles. The van der Waals surface area contributed by atoms with Crippen molar-refractivity contribution in [3.05, 3.63) is 23.8 Å². The number of carbonyl (C=O) groups is 4. The molecule has 1 N–H and O–H groups in total. The molecule has 35 heavy (non-hydrogen) atoms. The van der Waals surface area contributed by atoms with Gasteiger partial charge >= 0.3 is 23.9 Å². The second-order valence-electron chi connectivity index (χ2n) is 10.6. The molecule has 0 aromatic carbocycles. The average Bonchev–Trinajstić information content (AvgIpc) is 2.75. The van der Waals surface area contributed by atoms with E-state index in [0.717, 1.165) is 0 Å². The van der Waals surface area contributed by atoms with Crippen LogP contribution in [0, 0.1) is 23.2 Å². The number of allylic oxidation sites excluding steroid dienone is 1. The monoisotopic (exact) mass is 492 g/mol. The molecular weight excluding hydrogens is 456 g/mol. The first-order valence-corrected chi connectivity index (χ1v) is 12.0. The summed E-state index contributed by atoms with van der Waals surface area (Å²) in [7, 11) is 0. The highest BCUT2D eigenvalue weighted by Crippen LogP contribution is 2.61. The van der Waals surface area contributed by atoms with Crippen molar-refractivity contribution in [2.75, 3.05) is 0 Å². The van der Waals surface area contributed by atoms with Crippen LogP contribution in [-0.2, 0) is 38.1 Å². The van der Waals surface area contributed by atoms with Gasteiger partial charge in [-0.1, -0.05) is 33.4 Å². The summed E-state index contributed by atoms with van der Waals surface area (Å²) < 4.78 is 23.3. The molecule has 2 saturated carbocycles. The molecule has 194 valence electrons. The van der Waals surface area contributed by atoms with Gasteiger partial charge in [0.2, 0.25) is 0 Å². The molecule has 9 nitrogen and oxygen atoms in total. The Kier molecular flexibility index (Phi) is 7.24. The molecule has 0 aromatic heterocycles. The van der Waals surface area contributed by atoms with Crippen LogP contribution >= 0.6 is 0 Å². The molecule has 1 aliphatic heterocycles. The lowest BCUT2D eigenvalue weighted by atomic mass is 9.48. The minimum absolute atomic E-state index is 0.00815. The van der Waals surface area contributed by atoms with Gasteiger partial charge in [-0.15, -0.1) is 0 Å². The Morgan fingerprint density at radius 2 is 1.77 bits per heavy atom. The van der Waals surface area contributed by atoms with Crippen molar-refractivity contribution in [1.29, 1.82) is 0 Å². The zero-order chi connectivity index (χ0) is 26.5. The molecule has 1 heterocycles. The number of ether oxygens (including phenoxy) is 4. The van der Waals surface area contributed by atoms with E-state index < -0.39 is 77.1 Å². The fraction of sp³-hybridized carbons (Fsp3) is 0.692. The number of hydrogen-bond acceptors (Lipinski definition) is 9. The molecule has 0 amide bonds. The molecule has 3 aliphatic rings. The second-order valence-corrected chi connectivity index (χ2v) is 10.6. The molecule has 0 radical (unpaired) electrons. The Morgan fingerprint density at radius 1 is 1.14 bits per heavy atom. The lowest BCUT2D eigenvalue weighted by Gasteiger charge is -2.64. The summed E-state index contributed by atoms with van der Waals surface area (Å²) >= 11 is 0. The maximum atomic E-state index is 12.9. The van der Waals surface area contributed by atoms with Crippen molar-refractivity contribution >= 4 is 23.9 Å². The summed E-state index contributed by atoms with van der Waals surface area (Å²) in [4.78, 5) is 50.6. The minimum Gasteiger partial charge on any atom is -0.462 e. The van der Waals surface area contributed by atoms with Crippen LogP contribution in [0.25, 0.3) is 0 Å². The van der Waals surface area contributed by atoms with Gasteiger partial charge in [-0.2, -0.15) is 0 Å². The smallest absolute Gasteiger partial charge is 0.334 e. The van der Waals surface area contributed by atoms with Crippen LogP contribution in [0.2, 0.25) is 0 Å². The summed E-state index contributed by atoms with van der Waals surface area (Å²) in [6.07, 6.45) is -1.89. The van der Waals surface area contributed by atoms with E-state index in [0.29, 0.717) is 5.57 Å². The zero-order valence-electron chi connectivity index (χ0n) is 21.5. The summed E-state index contributed by atoms with van der Waals surface area (Å²) in [5.41, 5.74) is -2.28. The van der Waals surface area contributed by atoms with Gasteiger partial charge in [0.1, 0.15) is 18.3 Å². The number of hydrogen-bond donors (Lipinski definition) is 1. The van der Waals surface area contributed by atoms with E-state index in [1.807, 2.05) is 0 Å². The third-order valence-corrected chi connectivity index (χ3v) is 7.82. The van der Waals surface area contributed by atoms with Crippen LogP contribution in [0.4, 0.5) is 0 Å². The third kappa shape index (κ3) is 4.50. The van der Waals surface area contributed by atoms with E-state index in [1.165, 1.54) is 6.92 Å². The predicted molar refractivity (Wildman–Crippen MR) is 124 cm³/mol. The van der Waals surface area contributed by atoms with E-state index in [4.69, 9.17) is 18.9 Å². The van der Waals surface area contributed by atoms with Crippen molar-refractivity contribution in [3.63, 3.8) is 0 Å². The highest BCUT2D eigenvalue weighted by atomic mass is 16.6. The number of aliphatic hydroxyl groups is 1. The Balaban J connectivity index is 2.24. The Morgan fingerprint density at radius 3 is 2.31 bits per heavy atom. The zero-order valence-corrected chi connectivity index (χ0v) is 21.5. The third-order valence-electron chi connectivity index (χ3n) is 7.82. The van der Waals surface area contributed by atoms with E-state index in [9.17, 15) is 24.3 Å². The molecule has 2 aliphatic carbocycles. The average molecular weight is 493 g/mol. The van der Waals surface area contributed by atoms with Crippen LogP contribution in [-0.4, -0.2) is 59.0 Å². The first kappa shape index (κ1) is 26.9.